The predicted molar refractivity (Wildman–Crippen MR) is 96.8 cm³/mol. The van der Waals surface area contributed by atoms with Crippen LogP contribution in [0.2, 0.25) is 0 Å². The Hall–Kier alpha value is -2.28. The molecule has 0 aromatic heterocycles. The molecule has 144 valence electrons. The summed E-state index contributed by atoms with van der Waals surface area (Å²) in [5.74, 6) is 0. The quantitative estimate of drug-likeness (QED) is 0.889. The van der Waals surface area contributed by atoms with Gasteiger partial charge in [0.15, 0.2) is 0 Å². The van der Waals surface area contributed by atoms with Crippen LogP contribution in [0.15, 0.2) is 30.3 Å². The van der Waals surface area contributed by atoms with Crippen molar-refractivity contribution >= 4 is 12.2 Å². The van der Waals surface area contributed by atoms with Crippen molar-refractivity contribution in [2.75, 3.05) is 20.2 Å². The second kappa shape index (κ2) is 8.89. The van der Waals surface area contributed by atoms with Gasteiger partial charge in [-0.2, -0.15) is 0 Å². The molecule has 2 amide bonds. The van der Waals surface area contributed by atoms with E-state index in [1.165, 1.54) is 0 Å². The van der Waals surface area contributed by atoms with Crippen LogP contribution in [0.1, 0.15) is 32.8 Å². The highest BCUT2D eigenvalue weighted by atomic mass is 16.6. The SMILES string of the molecule is CO[C@H]1CN(C(=O)OCc2ccccc2)CC[C@@H]1NC(=O)OC(C)(C)C. The third kappa shape index (κ3) is 6.22. The van der Waals surface area contributed by atoms with Gasteiger partial charge >= 0.3 is 12.2 Å². The highest BCUT2D eigenvalue weighted by Gasteiger charge is 2.34. The van der Waals surface area contributed by atoms with Crippen LogP contribution in [0.3, 0.4) is 0 Å². The van der Waals surface area contributed by atoms with Gasteiger partial charge in [0.25, 0.3) is 0 Å². The minimum absolute atomic E-state index is 0.215. The monoisotopic (exact) mass is 364 g/mol. The van der Waals surface area contributed by atoms with E-state index < -0.39 is 11.7 Å². The summed E-state index contributed by atoms with van der Waals surface area (Å²) in [5, 5.41) is 2.83. The largest absolute Gasteiger partial charge is 0.445 e. The van der Waals surface area contributed by atoms with Crippen molar-refractivity contribution in [2.45, 2.75) is 51.5 Å². The average Bonchev–Trinajstić information content (AvgIpc) is 2.59. The molecular weight excluding hydrogens is 336 g/mol. The van der Waals surface area contributed by atoms with Crippen LogP contribution in [0.4, 0.5) is 9.59 Å². The molecule has 0 bridgehead atoms. The molecule has 0 spiro atoms. The van der Waals surface area contributed by atoms with Crippen molar-refractivity contribution in [1.82, 2.24) is 10.2 Å². The van der Waals surface area contributed by atoms with Crippen molar-refractivity contribution in [3.05, 3.63) is 35.9 Å². The highest BCUT2D eigenvalue weighted by molar-refractivity contribution is 5.69. The molecule has 26 heavy (non-hydrogen) atoms. The molecule has 0 aliphatic carbocycles. The van der Waals surface area contributed by atoms with E-state index in [-0.39, 0.29) is 24.8 Å². The molecule has 1 aromatic rings. The number of methoxy groups -OCH3 is 1. The summed E-state index contributed by atoms with van der Waals surface area (Å²) in [7, 11) is 1.56. The molecule has 1 heterocycles. The fourth-order valence-electron chi connectivity index (χ4n) is 2.76. The summed E-state index contributed by atoms with van der Waals surface area (Å²) in [6, 6.07) is 9.31. The molecule has 0 radical (unpaired) electrons. The lowest BCUT2D eigenvalue weighted by atomic mass is 10.0. The van der Waals surface area contributed by atoms with Crippen LogP contribution in [0.5, 0.6) is 0 Å². The van der Waals surface area contributed by atoms with Crippen LogP contribution < -0.4 is 5.32 Å². The maximum Gasteiger partial charge on any atom is 0.410 e. The smallest absolute Gasteiger partial charge is 0.410 e. The van der Waals surface area contributed by atoms with Crippen molar-refractivity contribution < 1.29 is 23.8 Å². The molecule has 1 N–H and O–H groups in total. The van der Waals surface area contributed by atoms with E-state index >= 15 is 0 Å². The number of alkyl carbamates (subject to hydrolysis) is 1. The van der Waals surface area contributed by atoms with E-state index in [9.17, 15) is 9.59 Å². The van der Waals surface area contributed by atoms with Gasteiger partial charge < -0.3 is 24.4 Å². The fourth-order valence-corrected chi connectivity index (χ4v) is 2.76. The standard InChI is InChI=1S/C19H28N2O5/c1-19(2,3)26-17(22)20-15-10-11-21(12-16(15)24-4)18(23)25-13-14-8-6-5-7-9-14/h5-9,15-16H,10-13H2,1-4H3,(H,20,22)/t15-,16-/m0/s1. The molecular formula is C19H28N2O5. The summed E-state index contributed by atoms with van der Waals surface area (Å²) >= 11 is 0. The maximum absolute atomic E-state index is 12.3. The zero-order valence-corrected chi connectivity index (χ0v) is 15.9. The molecule has 0 saturated carbocycles. The van der Waals surface area contributed by atoms with Gasteiger partial charge in [0.05, 0.1) is 18.7 Å². The van der Waals surface area contributed by atoms with Crippen LogP contribution in [-0.4, -0.2) is 55.0 Å². The maximum atomic E-state index is 12.3. The summed E-state index contributed by atoms with van der Waals surface area (Å²) in [6.07, 6.45) is -0.616. The van der Waals surface area contributed by atoms with Crippen molar-refractivity contribution in [1.29, 1.82) is 0 Å². The number of amides is 2. The lowest BCUT2D eigenvalue weighted by Crippen LogP contribution is -2.56. The molecule has 1 saturated heterocycles. The zero-order valence-electron chi connectivity index (χ0n) is 15.9. The molecule has 2 rings (SSSR count). The molecule has 7 heteroatoms. The number of nitrogens with zero attached hydrogens (tertiary/aromatic N) is 1. The first-order chi connectivity index (χ1) is 12.3. The van der Waals surface area contributed by atoms with Crippen molar-refractivity contribution in [3.63, 3.8) is 0 Å². The molecule has 7 nitrogen and oxygen atoms in total. The Morgan fingerprint density at radius 2 is 1.92 bits per heavy atom. The number of hydrogen-bond acceptors (Lipinski definition) is 5. The number of rotatable bonds is 4. The Labute approximate surface area is 154 Å². The minimum atomic E-state index is -0.561. The van der Waals surface area contributed by atoms with E-state index in [4.69, 9.17) is 14.2 Å². The Morgan fingerprint density at radius 3 is 2.54 bits per heavy atom. The molecule has 0 unspecified atom stereocenters. The van der Waals surface area contributed by atoms with E-state index in [1.54, 1.807) is 12.0 Å². The second-order valence-corrected chi connectivity index (χ2v) is 7.30. The Kier molecular flexibility index (Phi) is 6.85. The number of benzene rings is 1. The number of nitrogens with one attached hydrogen (secondary N) is 1. The van der Waals surface area contributed by atoms with Gasteiger partial charge in [-0.05, 0) is 32.8 Å². The van der Waals surface area contributed by atoms with Crippen LogP contribution >= 0.6 is 0 Å². The lowest BCUT2D eigenvalue weighted by Gasteiger charge is -2.37. The predicted octanol–water partition coefficient (Wildman–Crippen LogP) is 2.94. The van der Waals surface area contributed by atoms with Crippen molar-refractivity contribution in [3.8, 4) is 0 Å². The Bertz CT molecular complexity index is 600. The third-order valence-corrected chi connectivity index (χ3v) is 4.03. The number of piperidine rings is 1. The normalized spacial score (nSPS) is 20.4. The summed E-state index contributed by atoms with van der Waals surface area (Å²) in [5.41, 5.74) is 0.375. The summed E-state index contributed by atoms with van der Waals surface area (Å²) < 4.78 is 16.1. The second-order valence-electron chi connectivity index (χ2n) is 7.30. The first kappa shape index (κ1) is 20.0. The van der Waals surface area contributed by atoms with Gasteiger partial charge in [-0.3, -0.25) is 0 Å². The topological polar surface area (TPSA) is 77.1 Å². The Morgan fingerprint density at radius 1 is 1.23 bits per heavy atom. The van der Waals surface area contributed by atoms with E-state index in [2.05, 4.69) is 5.32 Å². The van der Waals surface area contributed by atoms with Gasteiger partial charge in [-0.15, -0.1) is 0 Å². The van der Waals surface area contributed by atoms with E-state index in [0.29, 0.717) is 19.5 Å². The first-order valence-electron chi connectivity index (χ1n) is 8.76. The summed E-state index contributed by atoms with van der Waals surface area (Å²) in [4.78, 5) is 25.9. The molecule has 1 aliphatic rings. The van der Waals surface area contributed by atoms with Gasteiger partial charge in [-0.1, -0.05) is 30.3 Å². The van der Waals surface area contributed by atoms with E-state index in [1.807, 2.05) is 51.1 Å². The molecule has 1 aliphatic heterocycles. The van der Waals surface area contributed by atoms with E-state index in [0.717, 1.165) is 5.56 Å². The number of likely N-dealkylation sites (tertiary alicyclic amines) is 1. The number of carbonyl (C=O) groups is 2. The van der Waals surface area contributed by atoms with Crippen LogP contribution in [0, 0.1) is 0 Å². The zero-order chi connectivity index (χ0) is 19.2. The fraction of sp³-hybridized carbons (Fsp3) is 0.579. The molecule has 2 atom stereocenters. The van der Waals surface area contributed by atoms with Gasteiger partial charge in [-0.25, -0.2) is 9.59 Å². The van der Waals surface area contributed by atoms with Gasteiger partial charge in [0, 0.05) is 13.7 Å². The third-order valence-electron chi connectivity index (χ3n) is 4.03. The number of ether oxygens (including phenoxy) is 3. The van der Waals surface area contributed by atoms with Crippen molar-refractivity contribution in [2.24, 2.45) is 0 Å². The van der Waals surface area contributed by atoms with Crippen LogP contribution in [0.25, 0.3) is 0 Å². The minimum Gasteiger partial charge on any atom is -0.445 e. The summed E-state index contributed by atoms with van der Waals surface area (Å²) in [6.45, 7) is 6.50. The van der Waals surface area contributed by atoms with Crippen LogP contribution in [-0.2, 0) is 20.8 Å². The molecule has 1 fully saturated rings. The first-order valence-corrected chi connectivity index (χ1v) is 8.76. The number of hydrogen-bond donors (Lipinski definition) is 1. The Balaban J connectivity index is 1.84. The van der Waals surface area contributed by atoms with Gasteiger partial charge in [0.1, 0.15) is 12.2 Å². The lowest BCUT2D eigenvalue weighted by molar-refractivity contribution is -0.00445. The number of carbonyl (C=O) groups excluding carboxylic acids is 2. The highest BCUT2D eigenvalue weighted by Crippen LogP contribution is 2.16. The van der Waals surface area contributed by atoms with Gasteiger partial charge in [0.2, 0.25) is 0 Å². The average molecular weight is 364 g/mol. The molecule has 1 aromatic carbocycles.